The summed E-state index contributed by atoms with van der Waals surface area (Å²) >= 11 is 0. The molecule has 0 saturated carbocycles. The van der Waals surface area contributed by atoms with Crippen molar-refractivity contribution in [1.29, 1.82) is 0 Å². The lowest BCUT2D eigenvalue weighted by molar-refractivity contribution is 0.388. The molecule has 0 heterocycles. The smallest absolute Gasteiger partial charge is 0.241 e. The number of rotatable bonds is 5. The van der Waals surface area contributed by atoms with Crippen LogP contribution in [0.1, 0.15) is 44.7 Å². The van der Waals surface area contributed by atoms with Crippen LogP contribution in [0.3, 0.4) is 0 Å². The molecule has 21 heavy (non-hydrogen) atoms. The van der Waals surface area contributed by atoms with E-state index in [1.54, 1.807) is 18.2 Å². The van der Waals surface area contributed by atoms with E-state index in [1.165, 1.54) is 0 Å². The standard InChI is InChI=1S/C16H24N2O2S/c1-5-16(4,6-2)18-21(19,20)15-10-9-14(8-7-11-17)13(3)12-15/h9-10,12,18H,5-6,11,17H2,1-4H3. The highest BCUT2D eigenvalue weighted by Gasteiger charge is 2.27. The molecule has 0 aliphatic heterocycles. The maximum atomic E-state index is 12.5. The second-order valence-electron chi connectivity index (χ2n) is 5.36. The van der Waals surface area contributed by atoms with Gasteiger partial charge < -0.3 is 5.73 Å². The lowest BCUT2D eigenvalue weighted by Gasteiger charge is -2.27. The Hall–Kier alpha value is -1.35. The van der Waals surface area contributed by atoms with Gasteiger partial charge in [0, 0.05) is 11.1 Å². The van der Waals surface area contributed by atoms with E-state index in [0.29, 0.717) is 0 Å². The van der Waals surface area contributed by atoms with Gasteiger partial charge in [0.1, 0.15) is 0 Å². The first-order chi connectivity index (χ1) is 9.78. The molecule has 0 unspecified atom stereocenters. The fourth-order valence-corrected chi connectivity index (χ4v) is 3.50. The highest BCUT2D eigenvalue weighted by molar-refractivity contribution is 7.89. The number of benzene rings is 1. The summed E-state index contributed by atoms with van der Waals surface area (Å²) in [5, 5.41) is 0. The van der Waals surface area contributed by atoms with Gasteiger partial charge in [0.05, 0.1) is 11.4 Å². The number of nitrogens with two attached hydrogens (primary N) is 1. The number of sulfonamides is 1. The van der Waals surface area contributed by atoms with Gasteiger partial charge in [-0.15, -0.1) is 0 Å². The minimum absolute atomic E-state index is 0.270. The molecule has 5 heteroatoms. The topological polar surface area (TPSA) is 72.2 Å². The second-order valence-corrected chi connectivity index (χ2v) is 7.04. The molecule has 0 aromatic heterocycles. The van der Waals surface area contributed by atoms with Crippen LogP contribution in [-0.2, 0) is 10.0 Å². The quantitative estimate of drug-likeness (QED) is 0.819. The molecule has 0 amide bonds. The van der Waals surface area contributed by atoms with E-state index in [-0.39, 0.29) is 11.4 Å². The summed E-state index contributed by atoms with van der Waals surface area (Å²) in [6.07, 6.45) is 1.48. The Morgan fingerprint density at radius 3 is 2.38 bits per heavy atom. The third-order valence-electron chi connectivity index (χ3n) is 3.77. The number of hydrogen-bond acceptors (Lipinski definition) is 3. The van der Waals surface area contributed by atoms with Gasteiger partial charge in [-0.05, 0) is 50.5 Å². The van der Waals surface area contributed by atoms with Gasteiger partial charge in [-0.1, -0.05) is 25.7 Å². The van der Waals surface area contributed by atoms with Crippen LogP contribution in [0.25, 0.3) is 0 Å². The molecule has 0 radical (unpaired) electrons. The van der Waals surface area contributed by atoms with E-state index >= 15 is 0 Å². The average Bonchev–Trinajstić information content (AvgIpc) is 2.45. The molecule has 0 aliphatic rings. The third kappa shape index (κ3) is 4.57. The predicted octanol–water partition coefficient (Wildman–Crippen LogP) is 2.16. The van der Waals surface area contributed by atoms with Gasteiger partial charge in [0.25, 0.3) is 0 Å². The molecule has 0 saturated heterocycles. The van der Waals surface area contributed by atoms with E-state index in [1.807, 2.05) is 27.7 Å². The molecule has 116 valence electrons. The van der Waals surface area contributed by atoms with Crippen molar-refractivity contribution < 1.29 is 8.42 Å². The summed E-state index contributed by atoms with van der Waals surface area (Å²) in [6, 6.07) is 4.96. The van der Waals surface area contributed by atoms with Crippen LogP contribution < -0.4 is 10.5 Å². The largest absolute Gasteiger partial charge is 0.320 e. The lowest BCUT2D eigenvalue weighted by Crippen LogP contribution is -2.44. The van der Waals surface area contributed by atoms with Crippen molar-refractivity contribution in [3.63, 3.8) is 0 Å². The zero-order valence-corrected chi connectivity index (χ0v) is 14.0. The van der Waals surface area contributed by atoms with Crippen molar-refractivity contribution in [2.45, 2.75) is 51.0 Å². The molecule has 1 aromatic rings. The van der Waals surface area contributed by atoms with E-state index in [4.69, 9.17) is 5.73 Å². The Kier molecular flexibility index (Phi) is 5.97. The number of aryl methyl sites for hydroxylation is 1. The van der Waals surface area contributed by atoms with Gasteiger partial charge in [-0.2, -0.15) is 0 Å². The van der Waals surface area contributed by atoms with Crippen LogP contribution in [0, 0.1) is 18.8 Å². The van der Waals surface area contributed by atoms with Gasteiger partial charge in [0.2, 0.25) is 10.0 Å². The van der Waals surface area contributed by atoms with Crippen LogP contribution in [0.4, 0.5) is 0 Å². The Bertz CT molecular complexity index is 651. The minimum atomic E-state index is -3.52. The van der Waals surface area contributed by atoms with Crippen LogP contribution in [0.5, 0.6) is 0 Å². The Labute approximate surface area is 128 Å². The Morgan fingerprint density at radius 1 is 1.29 bits per heavy atom. The van der Waals surface area contributed by atoms with Crippen molar-refractivity contribution in [1.82, 2.24) is 4.72 Å². The van der Waals surface area contributed by atoms with E-state index in [9.17, 15) is 8.42 Å². The van der Waals surface area contributed by atoms with E-state index < -0.39 is 15.6 Å². The van der Waals surface area contributed by atoms with Gasteiger partial charge in [-0.25, -0.2) is 13.1 Å². The average molecular weight is 308 g/mol. The third-order valence-corrected chi connectivity index (χ3v) is 5.41. The molecule has 1 rings (SSSR count). The van der Waals surface area contributed by atoms with Crippen molar-refractivity contribution in [3.8, 4) is 11.8 Å². The minimum Gasteiger partial charge on any atom is -0.320 e. The summed E-state index contributed by atoms with van der Waals surface area (Å²) in [5.74, 6) is 5.70. The predicted molar refractivity (Wildman–Crippen MR) is 86.4 cm³/mol. The molecule has 0 bridgehead atoms. The SMILES string of the molecule is CCC(C)(CC)NS(=O)(=O)c1ccc(C#CCN)c(C)c1. The van der Waals surface area contributed by atoms with Crippen LogP contribution in [-0.4, -0.2) is 20.5 Å². The highest BCUT2D eigenvalue weighted by atomic mass is 32.2. The summed E-state index contributed by atoms with van der Waals surface area (Å²) in [7, 11) is -3.52. The van der Waals surface area contributed by atoms with Gasteiger partial charge >= 0.3 is 0 Å². The first-order valence-corrected chi connectivity index (χ1v) is 8.60. The molecule has 4 nitrogen and oxygen atoms in total. The molecular formula is C16H24N2O2S. The molecule has 1 aromatic carbocycles. The van der Waals surface area contributed by atoms with Crippen molar-refractivity contribution >= 4 is 10.0 Å². The summed E-state index contributed by atoms with van der Waals surface area (Å²) < 4.78 is 27.7. The Morgan fingerprint density at radius 2 is 1.90 bits per heavy atom. The van der Waals surface area contributed by atoms with Crippen molar-refractivity contribution in [3.05, 3.63) is 29.3 Å². The molecule has 0 fully saturated rings. The number of hydrogen-bond donors (Lipinski definition) is 2. The maximum absolute atomic E-state index is 12.5. The fourth-order valence-electron chi connectivity index (χ4n) is 1.87. The van der Waals surface area contributed by atoms with Crippen molar-refractivity contribution in [2.75, 3.05) is 6.54 Å². The van der Waals surface area contributed by atoms with E-state index in [0.717, 1.165) is 24.0 Å². The van der Waals surface area contributed by atoms with Crippen LogP contribution in [0.15, 0.2) is 23.1 Å². The van der Waals surface area contributed by atoms with Crippen LogP contribution in [0.2, 0.25) is 0 Å². The summed E-state index contributed by atoms with van der Waals surface area (Å²) in [4.78, 5) is 0.270. The molecule has 0 spiro atoms. The molecule has 0 aliphatic carbocycles. The monoisotopic (exact) mass is 308 g/mol. The molecular weight excluding hydrogens is 284 g/mol. The zero-order valence-electron chi connectivity index (χ0n) is 13.2. The summed E-state index contributed by atoms with van der Waals surface area (Å²) in [6.45, 7) is 7.99. The fraction of sp³-hybridized carbons (Fsp3) is 0.500. The molecule has 0 atom stereocenters. The maximum Gasteiger partial charge on any atom is 0.241 e. The highest BCUT2D eigenvalue weighted by Crippen LogP contribution is 2.20. The zero-order chi connectivity index (χ0) is 16.1. The first-order valence-electron chi connectivity index (χ1n) is 7.11. The molecule has 3 N–H and O–H groups in total. The lowest BCUT2D eigenvalue weighted by atomic mass is 9.98. The first kappa shape index (κ1) is 17.7. The van der Waals surface area contributed by atoms with Gasteiger partial charge in [-0.3, -0.25) is 0 Å². The van der Waals surface area contributed by atoms with E-state index in [2.05, 4.69) is 16.6 Å². The van der Waals surface area contributed by atoms with Gasteiger partial charge in [0.15, 0.2) is 0 Å². The summed E-state index contributed by atoms with van der Waals surface area (Å²) in [5.41, 5.74) is 6.55. The van der Waals surface area contributed by atoms with Crippen molar-refractivity contribution in [2.24, 2.45) is 5.73 Å². The normalized spacial score (nSPS) is 11.9. The Balaban J connectivity index is 3.13. The number of nitrogens with one attached hydrogen (secondary N) is 1. The van der Waals surface area contributed by atoms with Crippen LogP contribution >= 0.6 is 0 Å². The second kappa shape index (κ2) is 7.08.